The van der Waals surface area contributed by atoms with Gasteiger partial charge in [0.25, 0.3) is 0 Å². The van der Waals surface area contributed by atoms with Crippen LogP contribution >= 0.6 is 0 Å². The molecule has 0 aromatic heterocycles. The molecule has 0 saturated carbocycles. The van der Waals surface area contributed by atoms with Crippen LogP contribution in [0.1, 0.15) is 207 Å². The fourth-order valence-electron chi connectivity index (χ4n) is 6.34. The minimum absolute atomic E-state index is 0.139. The fraction of sp³-hybridized carbons (Fsp3) is 0.603. The number of ether oxygens (including phenoxy) is 3. The summed E-state index contributed by atoms with van der Waals surface area (Å²) in [5.74, 6) is -1.09. The number of hydrogen-bond acceptors (Lipinski definition) is 6. The van der Waals surface area contributed by atoms with Crippen LogP contribution in [0.5, 0.6) is 0 Å². The van der Waals surface area contributed by atoms with Gasteiger partial charge in [0.1, 0.15) is 13.2 Å². The van der Waals surface area contributed by atoms with Crippen LogP contribution in [0.4, 0.5) is 0 Å². The normalized spacial score (nSPS) is 13.1. The summed E-state index contributed by atoms with van der Waals surface area (Å²) in [7, 11) is 0. The average Bonchev–Trinajstić information content (AvgIpc) is 3.29. The Morgan fingerprint density at radius 2 is 0.625 bits per heavy atom. The van der Waals surface area contributed by atoms with Gasteiger partial charge < -0.3 is 14.2 Å². The molecule has 0 amide bonds. The molecule has 0 aliphatic rings. The molecule has 1 atom stereocenters. The minimum atomic E-state index is -0.845. The highest BCUT2D eigenvalue weighted by molar-refractivity contribution is 5.71. The van der Waals surface area contributed by atoms with Crippen LogP contribution in [0.15, 0.2) is 122 Å². The van der Waals surface area contributed by atoms with Crippen molar-refractivity contribution < 1.29 is 28.6 Å². The lowest BCUT2D eigenvalue weighted by Gasteiger charge is -2.18. The molecule has 0 aromatic rings. The Bertz CT molecular complexity index is 1390. The first-order chi connectivity index (χ1) is 31.5. The van der Waals surface area contributed by atoms with E-state index >= 15 is 0 Å². The van der Waals surface area contributed by atoms with Crippen molar-refractivity contribution in [3.8, 4) is 0 Å². The van der Waals surface area contributed by atoms with E-state index in [0.717, 1.165) is 77.0 Å². The molecule has 0 aliphatic carbocycles. The molecule has 0 saturated heterocycles. The van der Waals surface area contributed by atoms with Gasteiger partial charge in [0, 0.05) is 19.3 Å². The van der Waals surface area contributed by atoms with Crippen LogP contribution in [0.3, 0.4) is 0 Å². The van der Waals surface area contributed by atoms with E-state index in [2.05, 4.69) is 142 Å². The molecule has 0 rings (SSSR count). The van der Waals surface area contributed by atoms with Crippen molar-refractivity contribution in [1.82, 2.24) is 0 Å². The first kappa shape index (κ1) is 59.8. The number of esters is 3. The average molecular weight is 885 g/mol. The summed E-state index contributed by atoms with van der Waals surface area (Å²) < 4.78 is 16.6. The van der Waals surface area contributed by atoms with Crippen LogP contribution in [0.25, 0.3) is 0 Å². The third-order valence-electron chi connectivity index (χ3n) is 10.2. The quantitative estimate of drug-likeness (QED) is 0.0262. The highest BCUT2D eigenvalue weighted by Gasteiger charge is 2.19. The second kappa shape index (κ2) is 51.4. The summed E-state index contributed by atoms with van der Waals surface area (Å²) in [5, 5.41) is 0. The SMILES string of the molecule is CC/C=C\C/C=C\C/C=C\CCCCC(=O)OCC(COC(=O)CCC/C=C\C/C=C\C/C=C\C/C=C\CCCCC)OC(=O)CCC/C=C\C/C=C\C/C=C\CCCCCCCC. The Labute approximate surface area is 392 Å². The van der Waals surface area contributed by atoms with Crippen molar-refractivity contribution in [2.45, 2.75) is 213 Å². The zero-order valence-electron chi connectivity index (χ0n) is 41.0. The van der Waals surface area contributed by atoms with Gasteiger partial charge in [0.15, 0.2) is 6.10 Å². The third-order valence-corrected chi connectivity index (χ3v) is 10.2. The van der Waals surface area contributed by atoms with Gasteiger partial charge in [-0.05, 0) is 122 Å². The number of carbonyl (C=O) groups is 3. The van der Waals surface area contributed by atoms with E-state index in [4.69, 9.17) is 14.2 Å². The molecule has 0 aliphatic heterocycles. The van der Waals surface area contributed by atoms with Crippen molar-refractivity contribution in [3.05, 3.63) is 122 Å². The van der Waals surface area contributed by atoms with Crippen LogP contribution in [-0.2, 0) is 28.6 Å². The predicted molar refractivity (Wildman–Crippen MR) is 274 cm³/mol. The lowest BCUT2D eigenvalue weighted by Crippen LogP contribution is -2.30. The van der Waals surface area contributed by atoms with Crippen molar-refractivity contribution in [1.29, 1.82) is 0 Å². The molecule has 0 N–H and O–H groups in total. The van der Waals surface area contributed by atoms with Gasteiger partial charge in [0.2, 0.25) is 0 Å². The first-order valence-corrected chi connectivity index (χ1v) is 25.5. The summed E-state index contributed by atoms with van der Waals surface area (Å²) >= 11 is 0. The monoisotopic (exact) mass is 885 g/mol. The Morgan fingerprint density at radius 1 is 0.328 bits per heavy atom. The molecule has 0 fully saturated rings. The highest BCUT2D eigenvalue weighted by Crippen LogP contribution is 2.10. The molecule has 0 bridgehead atoms. The molecule has 6 heteroatoms. The zero-order chi connectivity index (χ0) is 46.5. The summed E-state index contributed by atoms with van der Waals surface area (Å²) in [5.41, 5.74) is 0. The summed E-state index contributed by atoms with van der Waals surface area (Å²) in [6, 6.07) is 0. The maximum absolute atomic E-state index is 12.8. The molecule has 64 heavy (non-hydrogen) atoms. The van der Waals surface area contributed by atoms with E-state index in [1.807, 2.05) is 0 Å². The van der Waals surface area contributed by atoms with Crippen LogP contribution < -0.4 is 0 Å². The molecule has 0 heterocycles. The van der Waals surface area contributed by atoms with Crippen molar-refractivity contribution in [2.75, 3.05) is 13.2 Å². The maximum Gasteiger partial charge on any atom is 0.306 e. The van der Waals surface area contributed by atoms with Gasteiger partial charge in [-0.15, -0.1) is 0 Å². The fourth-order valence-corrected chi connectivity index (χ4v) is 6.34. The number of carbonyl (C=O) groups excluding carboxylic acids is 3. The molecule has 1 unspecified atom stereocenters. The van der Waals surface area contributed by atoms with Crippen LogP contribution in [-0.4, -0.2) is 37.2 Å². The lowest BCUT2D eigenvalue weighted by atomic mass is 10.1. The topological polar surface area (TPSA) is 78.9 Å². The van der Waals surface area contributed by atoms with E-state index in [0.29, 0.717) is 19.3 Å². The molecular weight excluding hydrogens is 793 g/mol. The molecule has 0 radical (unpaired) electrons. The van der Waals surface area contributed by atoms with Crippen molar-refractivity contribution in [2.24, 2.45) is 0 Å². The van der Waals surface area contributed by atoms with Crippen molar-refractivity contribution >= 4 is 17.9 Å². The molecule has 0 aromatic carbocycles. The van der Waals surface area contributed by atoms with Gasteiger partial charge in [-0.25, -0.2) is 0 Å². The Hall–Kier alpha value is -4.19. The van der Waals surface area contributed by atoms with Crippen molar-refractivity contribution in [3.63, 3.8) is 0 Å². The Balaban J connectivity index is 4.61. The number of rotatable bonds is 44. The van der Waals surface area contributed by atoms with Crippen LogP contribution in [0.2, 0.25) is 0 Å². The smallest absolute Gasteiger partial charge is 0.306 e. The third kappa shape index (κ3) is 48.8. The van der Waals surface area contributed by atoms with E-state index in [1.54, 1.807) is 0 Å². The summed E-state index contributed by atoms with van der Waals surface area (Å²) in [6.45, 7) is 6.34. The molecule has 360 valence electrons. The van der Waals surface area contributed by atoms with Gasteiger partial charge in [-0.1, -0.05) is 187 Å². The van der Waals surface area contributed by atoms with Gasteiger partial charge in [-0.2, -0.15) is 0 Å². The second-order valence-electron chi connectivity index (χ2n) is 16.3. The number of hydrogen-bond donors (Lipinski definition) is 0. The van der Waals surface area contributed by atoms with Crippen LogP contribution in [0, 0.1) is 0 Å². The standard InChI is InChI=1S/C58H92O6/c1-4-7-10-13-16-19-22-25-27-29-31-33-36-39-42-45-48-51-57(60)63-54-55(53-62-56(59)50-47-44-41-38-35-24-21-18-15-12-9-6-3)64-58(61)52-49-46-43-40-37-34-32-30-28-26-23-20-17-14-11-8-5-2/h9,12,16,18-19,21,25-28,31-35,38-40,42-43,55H,4-8,10-11,13-15,17,20,22-24,29-30,36-37,41,44-54H2,1-3H3/b12-9-,19-16-,21-18-,27-25-,28-26-,33-31-,34-32-,38-35-,42-39-,43-40-. The maximum atomic E-state index is 12.8. The summed E-state index contributed by atoms with van der Waals surface area (Å²) in [4.78, 5) is 37.9. The largest absolute Gasteiger partial charge is 0.462 e. The number of unbranched alkanes of at least 4 members (excludes halogenated alkanes) is 13. The van der Waals surface area contributed by atoms with E-state index < -0.39 is 12.1 Å². The molecule has 0 spiro atoms. The molecular formula is C58H92O6. The second-order valence-corrected chi connectivity index (χ2v) is 16.3. The van der Waals surface area contributed by atoms with Gasteiger partial charge in [-0.3, -0.25) is 14.4 Å². The Morgan fingerprint density at radius 3 is 1.05 bits per heavy atom. The number of allylic oxidation sites excluding steroid dienone is 20. The predicted octanol–water partition coefficient (Wildman–Crippen LogP) is 16.9. The van der Waals surface area contributed by atoms with E-state index in [1.165, 1.54) is 70.6 Å². The van der Waals surface area contributed by atoms with Gasteiger partial charge >= 0.3 is 17.9 Å². The Kier molecular flexibility index (Phi) is 48.1. The molecule has 6 nitrogen and oxygen atoms in total. The highest BCUT2D eigenvalue weighted by atomic mass is 16.6. The zero-order valence-corrected chi connectivity index (χ0v) is 41.0. The minimum Gasteiger partial charge on any atom is -0.462 e. The van der Waals surface area contributed by atoms with E-state index in [-0.39, 0.29) is 44.4 Å². The summed E-state index contributed by atoms with van der Waals surface area (Å²) in [6.07, 6.45) is 70.6. The van der Waals surface area contributed by atoms with E-state index in [9.17, 15) is 14.4 Å². The first-order valence-electron chi connectivity index (χ1n) is 25.5. The lowest BCUT2D eigenvalue weighted by molar-refractivity contribution is -0.167. The van der Waals surface area contributed by atoms with Gasteiger partial charge in [0.05, 0.1) is 0 Å².